The molecule has 2 rings (SSSR count). The van der Waals surface area contributed by atoms with E-state index < -0.39 is 0 Å². The Bertz CT molecular complexity index is 374. The van der Waals surface area contributed by atoms with Crippen molar-refractivity contribution in [2.45, 2.75) is 32.2 Å². The lowest BCUT2D eigenvalue weighted by Gasteiger charge is -2.06. The standard InChI is InChI=1S/C11H17N5O/c1-2-7-12-9-5-6-10(16-15-9)14-11(17)13-8-3-4-8/h5-6,8H,2-4,7H2,1H3,(H,12,15)(H2,13,14,16,17). The van der Waals surface area contributed by atoms with Gasteiger partial charge in [-0.1, -0.05) is 6.92 Å². The molecule has 17 heavy (non-hydrogen) atoms. The first-order valence-electron chi connectivity index (χ1n) is 5.93. The molecule has 0 spiro atoms. The van der Waals surface area contributed by atoms with Gasteiger partial charge in [-0.25, -0.2) is 4.79 Å². The fourth-order valence-electron chi connectivity index (χ4n) is 1.31. The minimum Gasteiger partial charge on any atom is -0.369 e. The number of rotatable bonds is 5. The third-order valence-electron chi connectivity index (χ3n) is 2.37. The highest BCUT2D eigenvalue weighted by molar-refractivity contribution is 5.88. The van der Waals surface area contributed by atoms with Gasteiger partial charge in [0.05, 0.1) is 0 Å². The molecule has 0 aromatic carbocycles. The third kappa shape index (κ3) is 3.90. The summed E-state index contributed by atoms with van der Waals surface area (Å²) in [4.78, 5) is 11.4. The van der Waals surface area contributed by atoms with Gasteiger partial charge in [-0.3, -0.25) is 5.32 Å². The number of carbonyl (C=O) groups excluding carboxylic acids is 1. The Labute approximate surface area is 100 Å². The predicted octanol–water partition coefficient (Wildman–Crippen LogP) is 1.58. The molecule has 1 aliphatic carbocycles. The van der Waals surface area contributed by atoms with Crippen LogP contribution in [-0.4, -0.2) is 28.8 Å². The molecule has 1 fully saturated rings. The van der Waals surface area contributed by atoms with Crippen LogP contribution in [0.2, 0.25) is 0 Å². The molecule has 3 N–H and O–H groups in total. The second-order valence-corrected chi connectivity index (χ2v) is 4.10. The van der Waals surface area contributed by atoms with E-state index in [1.165, 1.54) is 0 Å². The maximum Gasteiger partial charge on any atom is 0.320 e. The number of carbonyl (C=O) groups is 1. The van der Waals surface area contributed by atoms with Gasteiger partial charge in [-0.15, -0.1) is 10.2 Å². The van der Waals surface area contributed by atoms with Crippen LogP contribution < -0.4 is 16.0 Å². The van der Waals surface area contributed by atoms with Crippen LogP contribution >= 0.6 is 0 Å². The first kappa shape index (κ1) is 11.6. The zero-order chi connectivity index (χ0) is 12.1. The topological polar surface area (TPSA) is 78.9 Å². The Morgan fingerprint density at radius 3 is 2.65 bits per heavy atom. The second kappa shape index (κ2) is 5.47. The average Bonchev–Trinajstić information content (AvgIpc) is 3.12. The lowest BCUT2D eigenvalue weighted by Crippen LogP contribution is -2.30. The highest BCUT2D eigenvalue weighted by atomic mass is 16.2. The quantitative estimate of drug-likeness (QED) is 0.724. The van der Waals surface area contributed by atoms with E-state index in [-0.39, 0.29) is 6.03 Å². The highest BCUT2D eigenvalue weighted by Gasteiger charge is 2.23. The van der Waals surface area contributed by atoms with Crippen LogP contribution in [0.15, 0.2) is 12.1 Å². The van der Waals surface area contributed by atoms with Gasteiger partial charge >= 0.3 is 6.03 Å². The fraction of sp³-hybridized carbons (Fsp3) is 0.545. The van der Waals surface area contributed by atoms with Crippen LogP contribution in [0.25, 0.3) is 0 Å². The number of urea groups is 1. The van der Waals surface area contributed by atoms with Crippen LogP contribution in [0.3, 0.4) is 0 Å². The Hall–Kier alpha value is -1.85. The third-order valence-corrected chi connectivity index (χ3v) is 2.37. The first-order chi connectivity index (χ1) is 8.28. The van der Waals surface area contributed by atoms with Crippen molar-refractivity contribution in [1.82, 2.24) is 15.5 Å². The molecule has 6 nitrogen and oxygen atoms in total. The van der Waals surface area contributed by atoms with Crippen LogP contribution in [0.5, 0.6) is 0 Å². The summed E-state index contributed by atoms with van der Waals surface area (Å²) in [5.41, 5.74) is 0. The van der Waals surface area contributed by atoms with Gasteiger partial charge in [-0.05, 0) is 31.4 Å². The summed E-state index contributed by atoms with van der Waals surface area (Å²) in [5, 5.41) is 16.5. The van der Waals surface area contributed by atoms with Crippen molar-refractivity contribution >= 4 is 17.7 Å². The summed E-state index contributed by atoms with van der Waals surface area (Å²) in [6.45, 7) is 2.95. The van der Waals surface area contributed by atoms with E-state index in [1.54, 1.807) is 12.1 Å². The van der Waals surface area contributed by atoms with Gasteiger partial charge in [0.2, 0.25) is 0 Å². The van der Waals surface area contributed by atoms with Gasteiger partial charge < -0.3 is 10.6 Å². The lowest BCUT2D eigenvalue weighted by atomic mass is 10.4. The van der Waals surface area contributed by atoms with Gasteiger partial charge in [0.15, 0.2) is 5.82 Å². The molecule has 92 valence electrons. The number of anilines is 2. The molecule has 1 heterocycles. The minimum atomic E-state index is -0.212. The normalized spacial score (nSPS) is 14.2. The Morgan fingerprint density at radius 1 is 1.35 bits per heavy atom. The maximum atomic E-state index is 11.4. The van der Waals surface area contributed by atoms with Gasteiger partial charge in [-0.2, -0.15) is 0 Å². The summed E-state index contributed by atoms with van der Waals surface area (Å²) in [5.74, 6) is 1.19. The molecule has 0 atom stereocenters. The molecule has 0 bridgehead atoms. The summed E-state index contributed by atoms with van der Waals surface area (Å²) in [6.07, 6.45) is 3.17. The summed E-state index contributed by atoms with van der Waals surface area (Å²) >= 11 is 0. The Morgan fingerprint density at radius 2 is 2.06 bits per heavy atom. The van der Waals surface area contributed by atoms with Crippen LogP contribution in [0, 0.1) is 0 Å². The maximum absolute atomic E-state index is 11.4. The Kier molecular flexibility index (Phi) is 3.74. The predicted molar refractivity (Wildman–Crippen MR) is 66.0 cm³/mol. The number of nitrogens with one attached hydrogen (secondary N) is 3. The van der Waals surface area contributed by atoms with Crippen molar-refractivity contribution in [3.05, 3.63) is 12.1 Å². The van der Waals surface area contributed by atoms with Crippen molar-refractivity contribution in [3.63, 3.8) is 0 Å². The van der Waals surface area contributed by atoms with Crippen molar-refractivity contribution in [3.8, 4) is 0 Å². The number of nitrogens with zero attached hydrogens (tertiary/aromatic N) is 2. The molecular formula is C11H17N5O. The van der Waals surface area contributed by atoms with E-state index in [0.29, 0.717) is 11.9 Å². The monoisotopic (exact) mass is 235 g/mol. The van der Waals surface area contributed by atoms with Crippen LogP contribution in [-0.2, 0) is 0 Å². The molecule has 1 aromatic heterocycles. The van der Waals surface area contributed by atoms with E-state index in [4.69, 9.17) is 0 Å². The SMILES string of the molecule is CCCNc1ccc(NC(=O)NC2CC2)nn1. The van der Waals surface area contributed by atoms with Crippen molar-refractivity contribution in [1.29, 1.82) is 0 Å². The average molecular weight is 235 g/mol. The molecule has 1 aliphatic rings. The molecular weight excluding hydrogens is 218 g/mol. The van der Waals surface area contributed by atoms with Gasteiger partial charge in [0.25, 0.3) is 0 Å². The van der Waals surface area contributed by atoms with E-state index in [0.717, 1.165) is 31.6 Å². The molecule has 1 saturated carbocycles. The summed E-state index contributed by atoms with van der Waals surface area (Å²) in [7, 11) is 0. The minimum absolute atomic E-state index is 0.212. The molecule has 2 amide bonds. The number of amides is 2. The largest absolute Gasteiger partial charge is 0.369 e. The fourth-order valence-corrected chi connectivity index (χ4v) is 1.31. The number of aromatic nitrogens is 2. The molecule has 0 unspecified atom stereocenters. The van der Waals surface area contributed by atoms with Crippen LogP contribution in [0.1, 0.15) is 26.2 Å². The number of hydrogen-bond acceptors (Lipinski definition) is 4. The van der Waals surface area contributed by atoms with Crippen molar-refractivity contribution < 1.29 is 4.79 Å². The zero-order valence-electron chi connectivity index (χ0n) is 9.86. The second-order valence-electron chi connectivity index (χ2n) is 4.10. The van der Waals surface area contributed by atoms with Crippen molar-refractivity contribution in [2.75, 3.05) is 17.2 Å². The Balaban J connectivity index is 1.81. The van der Waals surface area contributed by atoms with E-state index >= 15 is 0 Å². The molecule has 0 saturated heterocycles. The lowest BCUT2D eigenvalue weighted by molar-refractivity contribution is 0.251. The molecule has 0 aliphatic heterocycles. The zero-order valence-corrected chi connectivity index (χ0v) is 9.86. The van der Waals surface area contributed by atoms with E-state index in [1.807, 2.05) is 0 Å². The smallest absolute Gasteiger partial charge is 0.320 e. The van der Waals surface area contributed by atoms with Crippen LogP contribution in [0.4, 0.5) is 16.4 Å². The number of hydrogen-bond donors (Lipinski definition) is 3. The molecule has 6 heteroatoms. The van der Waals surface area contributed by atoms with E-state index in [9.17, 15) is 4.79 Å². The van der Waals surface area contributed by atoms with Gasteiger partial charge in [0.1, 0.15) is 5.82 Å². The van der Waals surface area contributed by atoms with Gasteiger partial charge in [0, 0.05) is 12.6 Å². The summed E-state index contributed by atoms with van der Waals surface area (Å²) in [6, 6.07) is 3.66. The molecule has 1 aromatic rings. The van der Waals surface area contributed by atoms with Crippen molar-refractivity contribution in [2.24, 2.45) is 0 Å². The summed E-state index contributed by atoms with van der Waals surface area (Å²) < 4.78 is 0. The van der Waals surface area contributed by atoms with E-state index in [2.05, 4.69) is 33.1 Å². The molecule has 0 radical (unpaired) electrons. The first-order valence-corrected chi connectivity index (χ1v) is 5.93. The highest BCUT2D eigenvalue weighted by Crippen LogP contribution is 2.18.